The van der Waals surface area contributed by atoms with Crippen LogP contribution in [0.3, 0.4) is 0 Å². The first-order valence-corrected chi connectivity index (χ1v) is 7.69. The number of hydrogen-bond donors (Lipinski definition) is 1. The van der Waals surface area contributed by atoms with Crippen molar-refractivity contribution in [1.82, 2.24) is 14.8 Å². The molecule has 1 aliphatic rings. The van der Waals surface area contributed by atoms with Crippen molar-refractivity contribution in [2.75, 3.05) is 26.2 Å². The lowest BCUT2D eigenvalue weighted by molar-refractivity contribution is 0.0651. The molecule has 1 aromatic rings. The normalized spacial score (nSPS) is 18.1. The van der Waals surface area contributed by atoms with Crippen molar-refractivity contribution in [3.05, 3.63) is 30.1 Å². The van der Waals surface area contributed by atoms with E-state index in [0.29, 0.717) is 12.6 Å². The molecule has 1 saturated heterocycles. The van der Waals surface area contributed by atoms with E-state index in [-0.39, 0.29) is 6.10 Å². The molecule has 4 nitrogen and oxygen atoms in total. The molecule has 0 amide bonds. The van der Waals surface area contributed by atoms with Crippen LogP contribution in [0.4, 0.5) is 0 Å². The SMILES string of the molecule is CC(C)N(Cc1ccccn1)CC(O)CN1CCCC1. The minimum Gasteiger partial charge on any atom is -0.390 e. The van der Waals surface area contributed by atoms with Crippen LogP contribution in [0.15, 0.2) is 24.4 Å². The van der Waals surface area contributed by atoms with E-state index in [0.717, 1.165) is 31.9 Å². The highest BCUT2D eigenvalue weighted by molar-refractivity contribution is 5.03. The van der Waals surface area contributed by atoms with Gasteiger partial charge in [-0.05, 0) is 51.9 Å². The van der Waals surface area contributed by atoms with E-state index in [1.54, 1.807) is 0 Å². The Bertz CT molecular complexity index is 377. The monoisotopic (exact) mass is 277 g/mol. The summed E-state index contributed by atoms with van der Waals surface area (Å²) in [4.78, 5) is 9.04. The third-order valence-electron chi connectivity index (χ3n) is 3.93. The Labute approximate surface area is 122 Å². The van der Waals surface area contributed by atoms with Gasteiger partial charge in [0.2, 0.25) is 0 Å². The van der Waals surface area contributed by atoms with Crippen LogP contribution in [0.2, 0.25) is 0 Å². The zero-order chi connectivity index (χ0) is 14.4. The molecule has 1 aromatic heterocycles. The highest BCUT2D eigenvalue weighted by atomic mass is 16.3. The summed E-state index contributed by atoms with van der Waals surface area (Å²) in [5.74, 6) is 0. The fourth-order valence-electron chi connectivity index (χ4n) is 2.75. The molecule has 1 N–H and O–H groups in total. The summed E-state index contributed by atoms with van der Waals surface area (Å²) in [7, 11) is 0. The summed E-state index contributed by atoms with van der Waals surface area (Å²) >= 11 is 0. The van der Waals surface area contributed by atoms with Crippen molar-refractivity contribution >= 4 is 0 Å². The maximum absolute atomic E-state index is 10.3. The van der Waals surface area contributed by atoms with Crippen molar-refractivity contribution in [3.63, 3.8) is 0 Å². The number of pyridine rings is 1. The van der Waals surface area contributed by atoms with Gasteiger partial charge in [0.1, 0.15) is 0 Å². The molecule has 0 aliphatic carbocycles. The maximum Gasteiger partial charge on any atom is 0.0794 e. The van der Waals surface area contributed by atoms with Crippen molar-refractivity contribution in [2.24, 2.45) is 0 Å². The molecule has 1 unspecified atom stereocenters. The second-order valence-corrected chi connectivity index (χ2v) is 6.01. The largest absolute Gasteiger partial charge is 0.390 e. The third kappa shape index (κ3) is 4.85. The average molecular weight is 277 g/mol. The Balaban J connectivity index is 1.85. The van der Waals surface area contributed by atoms with Crippen LogP contribution in [0.5, 0.6) is 0 Å². The predicted octanol–water partition coefficient (Wildman–Crippen LogP) is 1.75. The number of nitrogens with zero attached hydrogens (tertiary/aromatic N) is 3. The van der Waals surface area contributed by atoms with Crippen molar-refractivity contribution in [3.8, 4) is 0 Å². The number of rotatable bonds is 7. The molecule has 4 heteroatoms. The van der Waals surface area contributed by atoms with Gasteiger partial charge in [0, 0.05) is 31.9 Å². The van der Waals surface area contributed by atoms with Gasteiger partial charge < -0.3 is 10.0 Å². The van der Waals surface area contributed by atoms with Gasteiger partial charge in [-0.2, -0.15) is 0 Å². The van der Waals surface area contributed by atoms with Gasteiger partial charge >= 0.3 is 0 Å². The maximum atomic E-state index is 10.3. The van der Waals surface area contributed by atoms with Crippen LogP contribution in [0.25, 0.3) is 0 Å². The summed E-state index contributed by atoms with van der Waals surface area (Å²) < 4.78 is 0. The van der Waals surface area contributed by atoms with Crippen LogP contribution in [0, 0.1) is 0 Å². The van der Waals surface area contributed by atoms with Crippen LogP contribution in [0.1, 0.15) is 32.4 Å². The summed E-state index contributed by atoms with van der Waals surface area (Å²) in [6.45, 7) is 8.93. The molecular formula is C16H27N3O. The van der Waals surface area contributed by atoms with Crippen molar-refractivity contribution in [2.45, 2.75) is 45.4 Å². The lowest BCUT2D eigenvalue weighted by Crippen LogP contribution is -2.42. The average Bonchev–Trinajstić information content (AvgIpc) is 2.92. The van der Waals surface area contributed by atoms with E-state index in [1.807, 2.05) is 24.4 Å². The summed E-state index contributed by atoms with van der Waals surface area (Å²) in [6.07, 6.45) is 4.09. The molecule has 0 radical (unpaired) electrons. The van der Waals surface area contributed by atoms with Crippen LogP contribution in [-0.2, 0) is 6.54 Å². The first-order valence-electron chi connectivity index (χ1n) is 7.69. The standard InChI is InChI=1S/C16H27N3O/c1-14(2)19(11-15-7-3-4-8-17-15)13-16(20)12-18-9-5-6-10-18/h3-4,7-8,14,16,20H,5-6,9-13H2,1-2H3. The number of aliphatic hydroxyl groups excluding tert-OH is 1. The van der Waals surface area contributed by atoms with Gasteiger partial charge in [-0.3, -0.25) is 9.88 Å². The topological polar surface area (TPSA) is 39.6 Å². The minimum absolute atomic E-state index is 0.279. The molecule has 0 saturated carbocycles. The quantitative estimate of drug-likeness (QED) is 0.824. The molecular weight excluding hydrogens is 250 g/mol. The lowest BCUT2D eigenvalue weighted by atomic mass is 10.2. The van der Waals surface area contributed by atoms with E-state index in [2.05, 4.69) is 28.6 Å². The Kier molecular flexibility index (Phi) is 5.95. The first kappa shape index (κ1) is 15.4. The van der Waals surface area contributed by atoms with E-state index < -0.39 is 0 Å². The Morgan fingerprint density at radius 1 is 1.30 bits per heavy atom. The zero-order valence-corrected chi connectivity index (χ0v) is 12.7. The van der Waals surface area contributed by atoms with E-state index in [4.69, 9.17) is 0 Å². The molecule has 112 valence electrons. The minimum atomic E-state index is -0.279. The number of aromatic nitrogens is 1. The second-order valence-electron chi connectivity index (χ2n) is 6.01. The lowest BCUT2D eigenvalue weighted by Gasteiger charge is -2.30. The summed E-state index contributed by atoms with van der Waals surface area (Å²) in [5.41, 5.74) is 1.06. The highest BCUT2D eigenvalue weighted by Gasteiger charge is 2.19. The van der Waals surface area contributed by atoms with E-state index >= 15 is 0 Å². The van der Waals surface area contributed by atoms with Gasteiger partial charge in [-0.15, -0.1) is 0 Å². The molecule has 2 rings (SSSR count). The Morgan fingerprint density at radius 2 is 2.05 bits per heavy atom. The summed E-state index contributed by atoms with van der Waals surface area (Å²) in [6, 6.07) is 6.40. The van der Waals surface area contributed by atoms with Crippen molar-refractivity contribution in [1.29, 1.82) is 0 Å². The molecule has 1 fully saturated rings. The molecule has 20 heavy (non-hydrogen) atoms. The molecule has 0 aromatic carbocycles. The number of likely N-dealkylation sites (tertiary alicyclic amines) is 1. The molecule has 0 bridgehead atoms. The van der Waals surface area contributed by atoms with Gasteiger partial charge in [-0.1, -0.05) is 6.07 Å². The third-order valence-corrected chi connectivity index (χ3v) is 3.93. The van der Waals surface area contributed by atoms with Crippen LogP contribution < -0.4 is 0 Å². The molecule has 1 atom stereocenters. The predicted molar refractivity (Wildman–Crippen MR) is 81.5 cm³/mol. The smallest absolute Gasteiger partial charge is 0.0794 e. The van der Waals surface area contributed by atoms with Gasteiger partial charge in [0.15, 0.2) is 0 Å². The van der Waals surface area contributed by atoms with E-state index in [9.17, 15) is 5.11 Å². The van der Waals surface area contributed by atoms with Crippen molar-refractivity contribution < 1.29 is 5.11 Å². The highest BCUT2D eigenvalue weighted by Crippen LogP contribution is 2.11. The fourth-order valence-corrected chi connectivity index (χ4v) is 2.75. The zero-order valence-electron chi connectivity index (χ0n) is 12.7. The van der Waals surface area contributed by atoms with Gasteiger partial charge in [-0.25, -0.2) is 0 Å². The number of hydrogen-bond acceptors (Lipinski definition) is 4. The van der Waals surface area contributed by atoms with Crippen LogP contribution in [-0.4, -0.2) is 58.2 Å². The molecule has 0 spiro atoms. The Morgan fingerprint density at radius 3 is 2.65 bits per heavy atom. The van der Waals surface area contributed by atoms with Gasteiger partial charge in [0.05, 0.1) is 11.8 Å². The fraction of sp³-hybridized carbons (Fsp3) is 0.688. The van der Waals surface area contributed by atoms with Gasteiger partial charge in [0.25, 0.3) is 0 Å². The Hall–Kier alpha value is -0.970. The summed E-state index contributed by atoms with van der Waals surface area (Å²) in [5, 5.41) is 10.3. The number of β-amino-alcohol motifs (C(OH)–C–C–N with tert-alkyl or cyclic N) is 1. The first-order chi connectivity index (χ1) is 9.65. The molecule has 2 heterocycles. The van der Waals surface area contributed by atoms with Crippen LogP contribution >= 0.6 is 0 Å². The van der Waals surface area contributed by atoms with E-state index in [1.165, 1.54) is 12.8 Å². The number of aliphatic hydroxyl groups is 1. The molecule has 1 aliphatic heterocycles. The second kappa shape index (κ2) is 7.72.